The molecule has 152 valence electrons. The lowest BCUT2D eigenvalue weighted by atomic mass is 10.2. The van der Waals surface area contributed by atoms with Crippen LogP contribution in [0.4, 0.5) is 0 Å². The molecule has 29 heavy (non-hydrogen) atoms. The fraction of sp³-hybridized carbons (Fsp3) is 0.304. The summed E-state index contributed by atoms with van der Waals surface area (Å²) in [5.74, 6) is 1.36. The number of nitrogens with zero attached hydrogens (tertiary/aromatic N) is 3. The molecule has 5 nitrogen and oxygen atoms in total. The van der Waals surface area contributed by atoms with Crippen molar-refractivity contribution in [2.24, 2.45) is 0 Å². The molecule has 0 N–H and O–H groups in total. The maximum absolute atomic E-state index is 12.5. The van der Waals surface area contributed by atoms with Crippen LogP contribution < -0.4 is 4.74 Å². The minimum Gasteiger partial charge on any atom is -0.439 e. The maximum Gasteiger partial charge on any atom is 0.227 e. The molecule has 0 saturated carbocycles. The molecule has 2 aromatic carbocycles. The molecular weight excluding hydrogens is 386 g/mol. The molecule has 0 aliphatic heterocycles. The van der Waals surface area contributed by atoms with Crippen molar-refractivity contribution in [3.8, 4) is 17.3 Å². The number of carbonyl (C=O) groups excluding carboxylic acids is 1. The third kappa shape index (κ3) is 4.80. The summed E-state index contributed by atoms with van der Waals surface area (Å²) in [7, 11) is 0. The summed E-state index contributed by atoms with van der Waals surface area (Å²) < 4.78 is 8.05. The standard InChI is InChI=1S/C23H26ClN3O2/c1-5-22(28)26(16(2)3)15-21-17(4)25-27(19-9-7-6-8-10-19)23(21)29-20-13-11-18(24)12-14-20/h6-14,16H,5,15H2,1-4H3. The van der Waals surface area contributed by atoms with Gasteiger partial charge in [-0.3, -0.25) is 4.79 Å². The van der Waals surface area contributed by atoms with Gasteiger partial charge in [-0.1, -0.05) is 36.7 Å². The highest BCUT2D eigenvalue weighted by molar-refractivity contribution is 6.30. The first kappa shape index (κ1) is 20.9. The summed E-state index contributed by atoms with van der Waals surface area (Å²) >= 11 is 6.01. The first-order valence-corrected chi connectivity index (χ1v) is 10.1. The Bertz CT molecular complexity index is 966. The van der Waals surface area contributed by atoms with Crippen LogP contribution in [0.15, 0.2) is 54.6 Å². The van der Waals surface area contributed by atoms with Crippen molar-refractivity contribution < 1.29 is 9.53 Å². The minimum atomic E-state index is 0.0744. The van der Waals surface area contributed by atoms with Crippen LogP contribution in [0, 0.1) is 6.92 Å². The Hall–Kier alpha value is -2.79. The zero-order valence-electron chi connectivity index (χ0n) is 17.2. The van der Waals surface area contributed by atoms with E-state index in [4.69, 9.17) is 21.4 Å². The van der Waals surface area contributed by atoms with Gasteiger partial charge in [-0.05, 0) is 57.2 Å². The zero-order chi connectivity index (χ0) is 21.0. The van der Waals surface area contributed by atoms with Crippen LogP contribution in [-0.4, -0.2) is 26.6 Å². The number of halogens is 1. The Morgan fingerprint density at radius 3 is 2.38 bits per heavy atom. The van der Waals surface area contributed by atoms with Crippen molar-refractivity contribution in [3.05, 3.63) is 70.9 Å². The molecule has 0 spiro atoms. The second-order valence-corrected chi connectivity index (χ2v) is 7.58. The second kappa shape index (κ2) is 9.14. The van der Waals surface area contributed by atoms with E-state index in [0.29, 0.717) is 29.6 Å². The summed E-state index contributed by atoms with van der Waals surface area (Å²) in [6.07, 6.45) is 0.456. The average Bonchev–Trinajstić information content (AvgIpc) is 3.02. The normalized spacial score (nSPS) is 11.0. The first-order valence-electron chi connectivity index (χ1n) is 9.77. The van der Waals surface area contributed by atoms with Gasteiger partial charge in [0.1, 0.15) is 5.75 Å². The van der Waals surface area contributed by atoms with Gasteiger partial charge >= 0.3 is 0 Å². The van der Waals surface area contributed by atoms with Crippen LogP contribution in [0.5, 0.6) is 11.6 Å². The molecule has 1 heterocycles. The average molecular weight is 412 g/mol. The highest BCUT2D eigenvalue weighted by Gasteiger charge is 2.24. The van der Waals surface area contributed by atoms with Crippen molar-refractivity contribution >= 4 is 17.5 Å². The van der Waals surface area contributed by atoms with Crippen LogP contribution in [0.1, 0.15) is 38.4 Å². The number of hydrogen-bond donors (Lipinski definition) is 0. The molecule has 6 heteroatoms. The van der Waals surface area contributed by atoms with E-state index in [1.54, 1.807) is 16.8 Å². The maximum atomic E-state index is 12.5. The molecule has 1 aromatic heterocycles. The number of carbonyl (C=O) groups is 1. The molecule has 1 amide bonds. The first-order chi connectivity index (χ1) is 13.9. The molecule has 3 rings (SSSR count). The second-order valence-electron chi connectivity index (χ2n) is 7.14. The van der Waals surface area contributed by atoms with E-state index in [2.05, 4.69) is 0 Å². The molecule has 0 saturated heterocycles. The fourth-order valence-electron chi connectivity index (χ4n) is 3.12. The van der Waals surface area contributed by atoms with Crippen molar-refractivity contribution in [3.63, 3.8) is 0 Å². The predicted octanol–water partition coefficient (Wildman–Crippen LogP) is 5.77. The predicted molar refractivity (Wildman–Crippen MR) is 116 cm³/mol. The third-order valence-corrected chi connectivity index (χ3v) is 4.99. The summed E-state index contributed by atoms with van der Waals surface area (Å²) in [4.78, 5) is 14.4. The molecule has 0 aliphatic carbocycles. The molecule has 0 radical (unpaired) electrons. The molecule has 0 unspecified atom stereocenters. The van der Waals surface area contributed by atoms with E-state index in [1.165, 1.54) is 0 Å². The number of aromatic nitrogens is 2. The van der Waals surface area contributed by atoms with Crippen LogP contribution in [0.25, 0.3) is 5.69 Å². The molecular formula is C23H26ClN3O2. The SMILES string of the molecule is CCC(=O)N(Cc1c(C)nn(-c2ccccc2)c1Oc1ccc(Cl)cc1)C(C)C. The van der Waals surface area contributed by atoms with Crippen molar-refractivity contribution in [2.75, 3.05) is 0 Å². The molecule has 0 bridgehead atoms. The number of amides is 1. The van der Waals surface area contributed by atoms with Gasteiger partial charge in [-0.15, -0.1) is 0 Å². The fourth-order valence-corrected chi connectivity index (χ4v) is 3.24. The Balaban J connectivity index is 2.08. The number of hydrogen-bond acceptors (Lipinski definition) is 3. The van der Waals surface area contributed by atoms with Gasteiger partial charge in [0, 0.05) is 17.5 Å². The van der Waals surface area contributed by atoms with Gasteiger partial charge < -0.3 is 9.64 Å². The summed E-state index contributed by atoms with van der Waals surface area (Å²) in [5.41, 5.74) is 2.61. The highest BCUT2D eigenvalue weighted by atomic mass is 35.5. The highest BCUT2D eigenvalue weighted by Crippen LogP contribution is 2.32. The minimum absolute atomic E-state index is 0.0744. The number of rotatable bonds is 7. The van der Waals surface area contributed by atoms with E-state index < -0.39 is 0 Å². The van der Waals surface area contributed by atoms with Gasteiger partial charge in [-0.25, -0.2) is 4.68 Å². The Morgan fingerprint density at radius 2 is 1.79 bits per heavy atom. The quantitative estimate of drug-likeness (QED) is 0.495. The lowest BCUT2D eigenvalue weighted by molar-refractivity contribution is -0.133. The number of para-hydroxylation sites is 1. The lowest BCUT2D eigenvalue weighted by Gasteiger charge is -2.26. The number of benzene rings is 2. The van der Waals surface area contributed by atoms with E-state index in [1.807, 2.05) is 75.1 Å². The Labute approximate surface area is 176 Å². The number of ether oxygens (including phenoxy) is 1. The van der Waals surface area contributed by atoms with Crippen LogP contribution in [0.2, 0.25) is 5.02 Å². The topological polar surface area (TPSA) is 47.4 Å². The van der Waals surface area contributed by atoms with E-state index in [-0.39, 0.29) is 11.9 Å². The number of aryl methyl sites for hydroxylation is 1. The zero-order valence-corrected chi connectivity index (χ0v) is 18.0. The van der Waals surface area contributed by atoms with Crippen molar-refractivity contribution in [2.45, 2.75) is 46.7 Å². The monoisotopic (exact) mass is 411 g/mol. The summed E-state index contributed by atoms with van der Waals surface area (Å²) in [6.45, 7) is 8.29. The molecule has 0 atom stereocenters. The smallest absolute Gasteiger partial charge is 0.227 e. The van der Waals surface area contributed by atoms with Crippen LogP contribution in [0.3, 0.4) is 0 Å². The molecule has 0 fully saturated rings. The van der Waals surface area contributed by atoms with E-state index >= 15 is 0 Å². The lowest BCUT2D eigenvalue weighted by Crippen LogP contribution is -2.36. The van der Waals surface area contributed by atoms with Crippen molar-refractivity contribution in [1.82, 2.24) is 14.7 Å². The Kier molecular flexibility index (Phi) is 6.60. The van der Waals surface area contributed by atoms with Crippen LogP contribution >= 0.6 is 11.6 Å². The summed E-state index contributed by atoms with van der Waals surface area (Å²) in [5, 5.41) is 5.36. The van der Waals surface area contributed by atoms with Gasteiger partial charge in [0.15, 0.2) is 0 Å². The van der Waals surface area contributed by atoms with Crippen LogP contribution in [-0.2, 0) is 11.3 Å². The van der Waals surface area contributed by atoms with Gasteiger partial charge in [0.05, 0.1) is 23.5 Å². The third-order valence-electron chi connectivity index (χ3n) is 4.74. The van der Waals surface area contributed by atoms with Gasteiger partial charge in [0.2, 0.25) is 11.8 Å². The molecule has 3 aromatic rings. The van der Waals surface area contributed by atoms with Gasteiger partial charge in [-0.2, -0.15) is 5.10 Å². The van der Waals surface area contributed by atoms with Crippen molar-refractivity contribution in [1.29, 1.82) is 0 Å². The largest absolute Gasteiger partial charge is 0.439 e. The van der Waals surface area contributed by atoms with Gasteiger partial charge in [0.25, 0.3) is 0 Å². The van der Waals surface area contributed by atoms with E-state index in [0.717, 1.165) is 16.9 Å². The molecule has 0 aliphatic rings. The van der Waals surface area contributed by atoms with E-state index in [9.17, 15) is 4.79 Å². The Morgan fingerprint density at radius 1 is 1.14 bits per heavy atom. The summed E-state index contributed by atoms with van der Waals surface area (Å²) in [6, 6.07) is 17.1.